The van der Waals surface area contributed by atoms with Crippen LogP contribution in [0.4, 0.5) is 28.4 Å². The maximum absolute atomic E-state index is 6.47. The zero-order valence-electron chi connectivity index (χ0n) is 27.1. The maximum atomic E-state index is 6.47. The third kappa shape index (κ3) is 3.76. The molecule has 0 bridgehead atoms. The molecule has 0 N–H and O–H groups in total. The molecule has 50 heavy (non-hydrogen) atoms. The van der Waals surface area contributed by atoms with E-state index >= 15 is 0 Å². The van der Waals surface area contributed by atoms with Crippen molar-refractivity contribution in [1.29, 1.82) is 0 Å². The van der Waals surface area contributed by atoms with Crippen LogP contribution in [0.1, 0.15) is 0 Å². The third-order valence-corrected chi connectivity index (χ3v) is 10.6. The van der Waals surface area contributed by atoms with E-state index in [-0.39, 0.29) is 6.85 Å². The number of furan rings is 1. The topological polar surface area (TPSA) is 19.6 Å². The zero-order valence-corrected chi connectivity index (χ0v) is 27.1. The average molecular weight is 637 g/mol. The minimum atomic E-state index is -0.0342. The Morgan fingerprint density at radius 2 is 1.08 bits per heavy atom. The van der Waals surface area contributed by atoms with Crippen LogP contribution in [0.15, 0.2) is 180 Å². The van der Waals surface area contributed by atoms with Gasteiger partial charge in [0.1, 0.15) is 11.2 Å². The van der Waals surface area contributed by atoms with Gasteiger partial charge in [0.25, 0.3) is 0 Å². The molecule has 0 saturated heterocycles. The highest BCUT2D eigenvalue weighted by Crippen LogP contribution is 2.50. The number of benzene rings is 8. The van der Waals surface area contributed by atoms with Crippen molar-refractivity contribution >= 4 is 78.9 Å². The van der Waals surface area contributed by atoms with Crippen molar-refractivity contribution < 1.29 is 4.42 Å². The standard InChI is InChI=1S/C46H29BN2O/c1-2-15-31(16-3-1)44-40(28-29-43-45(44)35-20-7-11-27-42(35)50-43)48-39-24-10-8-22-36(39)47-46-34(21-13-26-41(46)48)33-19-6-9-23-38(33)49(47)37-25-12-17-30-14-4-5-18-32(30)37/h1-29H. The lowest BCUT2D eigenvalue weighted by atomic mass is 9.43. The van der Waals surface area contributed by atoms with E-state index in [0.717, 1.165) is 33.2 Å². The van der Waals surface area contributed by atoms with E-state index < -0.39 is 0 Å². The van der Waals surface area contributed by atoms with E-state index in [0.29, 0.717) is 0 Å². The molecule has 2 aliphatic heterocycles. The highest BCUT2D eigenvalue weighted by Gasteiger charge is 2.45. The monoisotopic (exact) mass is 636 g/mol. The van der Waals surface area contributed by atoms with Crippen molar-refractivity contribution in [2.24, 2.45) is 0 Å². The highest BCUT2D eigenvalue weighted by molar-refractivity contribution is 6.93. The number of para-hydroxylation sites is 3. The fraction of sp³-hybridized carbons (Fsp3) is 0. The van der Waals surface area contributed by atoms with Gasteiger partial charge in [0.2, 0.25) is 0 Å². The van der Waals surface area contributed by atoms with Gasteiger partial charge in [-0.05, 0) is 69.9 Å². The Morgan fingerprint density at radius 1 is 0.420 bits per heavy atom. The van der Waals surface area contributed by atoms with Gasteiger partial charge in [-0.2, -0.15) is 0 Å². The highest BCUT2D eigenvalue weighted by atomic mass is 16.3. The number of hydrogen-bond acceptors (Lipinski definition) is 3. The molecule has 4 heteroatoms. The Balaban J connectivity index is 1.25. The van der Waals surface area contributed by atoms with Crippen LogP contribution >= 0.6 is 0 Å². The van der Waals surface area contributed by atoms with Gasteiger partial charge in [0, 0.05) is 50.0 Å². The second-order valence-corrected chi connectivity index (χ2v) is 13.2. The van der Waals surface area contributed by atoms with E-state index in [1.165, 1.54) is 61.1 Å². The first-order chi connectivity index (χ1) is 24.8. The number of rotatable bonds is 3. The molecule has 232 valence electrons. The van der Waals surface area contributed by atoms with Crippen LogP contribution in [0.2, 0.25) is 0 Å². The lowest BCUT2D eigenvalue weighted by molar-refractivity contribution is 0.669. The molecule has 0 amide bonds. The molecule has 1 aromatic heterocycles. The molecule has 0 atom stereocenters. The Kier molecular flexibility index (Phi) is 5.76. The van der Waals surface area contributed by atoms with Crippen molar-refractivity contribution in [1.82, 2.24) is 0 Å². The molecule has 3 nitrogen and oxygen atoms in total. The maximum Gasteiger partial charge on any atom is 0.333 e. The molecule has 0 spiro atoms. The number of hydrogen-bond donors (Lipinski definition) is 0. The Bertz CT molecular complexity index is 2800. The molecular weight excluding hydrogens is 607 g/mol. The molecule has 3 heterocycles. The molecule has 0 fully saturated rings. The van der Waals surface area contributed by atoms with E-state index in [1.54, 1.807) is 0 Å². The van der Waals surface area contributed by atoms with Gasteiger partial charge in [-0.15, -0.1) is 0 Å². The number of fused-ring (bicyclic) bond motifs is 8. The smallest absolute Gasteiger partial charge is 0.333 e. The van der Waals surface area contributed by atoms with Crippen LogP contribution in [0, 0.1) is 0 Å². The van der Waals surface area contributed by atoms with Gasteiger partial charge in [-0.1, -0.05) is 133 Å². The fourth-order valence-electron chi connectivity index (χ4n) is 8.63. The van der Waals surface area contributed by atoms with Crippen molar-refractivity contribution in [3.63, 3.8) is 0 Å². The lowest BCUT2D eigenvalue weighted by Crippen LogP contribution is -2.61. The summed E-state index contributed by atoms with van der Waals surface area (Å²) < 4.78 is 6.47. The third-order valence-electron chi connectivity index (χ3n) is 10.6. The summed E-state index contributed by atoms with van der Waals surface area (Å²) in [6, 6.07) is 63.8. The van der Waals surface area contributed by atoms with Crippen LogP contribution in [0.3, 0.4) is 0 Å². The molecular formula is C46H29BN2O. The van der Waals surface area contributed by atoms with Crippen molar-refractivity contribution in [3.05, 3.63) is 176 Å². The molecule has 0 aliphatic carbocycles. The predicted molar refractivity (Wildman–Crippen MR) is 210 cm³/mol. The Labute approximate surface area is 290 Å². The second-order valence-electron chi connectivity index (χ2n) is 13.2. The summed E-state index contributed by atoms with van der Waals surface area (Å²) >= 11 is 0. The van der Waals surface area contributed by atoms with E-state index in [1.807, 2.05) is 6.07 Å². The van der Waals surface area contributed by atoms with E-state index in [4.69, 9.17) is 4.42 Å². The summed E-state index contributed by atoms with van der Waals surface area (Å²) in [5, 5.41) is 4.74. The number of anilines is 5. The van der Waals surface area contributed by atoms with Crippen LogP contribution < -0.4 is 20.6 Å². The van der Waals surface area contributed by atoms with Crippen molar-refractivity contribution in [3.8, 4) is 22.3 Å². The fourth-order valence-corrected chi connectivity index (χ4v) is 8.63. The summed E-state index contributed by atoms with van der Waals surface area (Å²) in [7, 11) is 0. The second kappa shape index (κ2) is 10.5. The van der Waals surface area contributed by atoms with Crippen molar-refractivity contribution in [2.45, 2.75) is 0 Å². The summed E-state index contributed by atoms with van der Waals surface area (Å²) in [6.07, 6.45) is 0. The normalized spacial score (nSPS) is 13.1. The van der Waals surface area contributed by atoms with E-state index in [2.05, 4.69) is 180 Å². The number of nitrogens with zero attached hydrogens (tertiary/aromatic N) is 2. The first-order valence-electron chi connectivity index (χ1n) is 17.2. The first-order valence-corrected chi connectivity index (χ1v) is 17.2. The molecule has 0 saturated carbocycles. The SMILES string of the molecule is c1ccc(-c2c(N3c4ccccc4B4c5c(cccc53)-c3ccccc3N4c3cccc4ccccc34)ccc3oc4ccccc4c23)cc1. The molecule has 0 radical (unpaired) electrons. The van der Waals surface area contributed by atoms with Gasteiger partial charge in [-0.25, -0.2) is 0 Å². The summed E-state index contributed by atoms with van der Waals surface area (Å²) in [5.41, 5.74) is 15.1. The van der Waals surface area contributed by atoms with Crippen LogP contribution in [-0.4, -0.2) is 6.85 Å². The quantitative estimate of drug-likeness (QED) is 0.180. The van der Waals surface area contributed by atoms with Gasteiger partial charge in [0.15, 0.2) is 0 Å². The van der Waals surface area contributed by atoms with Crippen LogP contribution in [0.25, 0.3) is 55.0 Å². The Morgan fingerprint density at radius 3 is 2.00 bits per heavy atom. The van der Waals surface area contributed by atoms with Gasteiger partial charge in [-0.3, -0.25) is 0 Å². The van der Waals surface area contributed by atoms with E-state index in [9.17, 15) is 0 Å². The summed E-state index contributed by atoms with van der Waals surface area (Å²) in [6.45, 7) is -0.0342. The molecule has 9 aromatic rings. The molecule has 11 rings (SSSR count). The van der Waals surface area contributed by atoms with Crippen molar-refractivity contribution in [2.75, 3.05) is 9.71 Å². The minimum Gasteiger partial charge on any atom is -0.456 e. The minimum absolute atomic E-state index is 0.0342. The molecule has 2 aliphatic rings. The van der Waals surface area contributed by atoms with Gasteiger partial charge >= 0.3 is 6.85 Å². The average Bonchev–Trinajstić information content (AvgIpc) is 3.57. The zero-order chi connectivity index (χ0) is 32.8. The largest absolute Gasteiger partial charge is 0.456 e. The Hall–Kier alpha value is -6.52. The summed E-state index contributed by atoms with van der Waals surface area (Å²) in [4.78, 5) is 5.09. The van der Waals surface area contributed by atoms with Gasteiger partial charge < -0.3 is 14.1 Å². The lowest BCUT2D eigenvalue weighted by Gasteiger charge is -2.46. The van der Waals surface area contributed by atoms with Crippen LogP contribution in [-0.2, 0) is 0 Å². The van der Waals surface area contributed by atoms with Gasteiger partial charge in [0.05, 0.1) is 5.69 Å². The van der Waals surface area contributed by atoms with Crippen LogP contribution in [0.5, 0.6) is 0 Å². The molecule has 8 aromatic carbocycles. The molecule has 0 unspecified atom stereocenters. The first kappa shape index (κ1) is 27.4. The predicted octanol–water partition coefficient (Wildman–Crippen LogP) is 11.1. The summed E-state index contributed by atoms with van der Waals surface area (Å²) in [5.74, 6) is 0.